The monoisotopic (exact) mass is 505 g/mol. The quantitative estimate of drug-likeness (QED) is 0.433. The van der Waals surface area contributed by atoms with Gasteiger partial charge in [-0.15, -0.1) is 0 Å². The van der Waals surface area contributed by atoms with Crippen molar-refractivity contribution in [3.8, 4) is 0 Å². The number of methoxy groups -OCH3 is 2. The zero-order valence-corrected chi connectivity index (χ0v) is 22.4. The number of anilines is 1. The topological polar surface area (TPSA) is 80.2 Å². The number of benzene rings is 1. The Bertz CT molecular complexity index is 896. The normalized spacial score (nSPS) is 26.5. The van der Waals surface area contributed by atoms with Crippen LogP contribution in [0.1, 0.15) is 65.7 Å². The molecule has 1 heterocycles. The molecule has 2 atom stereocenters. The Kier molecular flexibility index (Phi) is 9.08. The predicted octanol–water partition coefficient (Wildman–Crippen LogP) is 5.32. The average molecular weight is 506 g/mol. The van der Waals surface area contributed by atoms with Crippen LogP contribution in [0, 0.1) is 11.8 Å². The van der Waals surface area contributed by atoms with Gasteiger partial charge in [0.2, 0.25) is 0 Å². The molecule has 0 amide bonds. The van der Waals surface area contributed by atoms with Crippen LogP contribution in [0.15, 0.2) is 29.3 Å². The minimum Gasteiger partial charge on any atom is -0.469 e. The molecule has 1 fully saturated rings. The van der Waals surface area contributed by atoms with Crippen molar-refractivity contribution in [2.45, 2.75) is 82.8 Å². The van der Waals surface area contributed by atoms with Crippen molar-refractivity contribution in [2.75, 3.05) is 26.1 Å². The summed E-state index contributed by atoms with van der Waals surface area (Å²) < 4.78 is 10.1. The van der Waals surface area contributed by atoms with Gasteiger partial charge in [-0.05, 0) is 88.5 Å². The van der Waals surface area contributed by atoms with E-state index in [-0.39, 0.29) is 42.3 Å². The highest BCUT2D eigenvalue weighted by Gasteiger charge is 2.55. The SMILES string of the molecule is CCCN1C=NC(CCC(=O)OC)(C(=O)OC)C1C1CCC(C(C)(C)Nc2ccc(Cl)cc2)CC1. The summed E-state index contributed by atoms with van der Waals surface area (Å²) in [5, 5.41) is 4.42. The molecular formula is C27H40ClN3O4. The number of hydrogen-bond acceptors (Lipinski definition) is 7. The molecule has 1 aliphatic heterocycles. The molecular weight excluding hydrogens is 466 g/mol. The summed E-state index contributed by atoms with van der Waals surface area (Å²) >= 11 is 6.05. The van der Waals surface area contributed by atoms with E-state index in [1.165, 1.54) is 14.2 Å². The molecule has 0 saturated heterocycles. The number of carbonyl (C=O) groups is 2. The third-order valence-corrected chi connectivity index (χ3v) is 8.04. The molecule has 0 radical (unpaired) electrons. The Morgan fingerprint density at radius 3 is 2.37 bits per heavy atom. The van der Waals surface area contributed by atoms with Crippen molar-refractivity contribution < 1.29 is 19.1 Å². The number of nitrogens with zero attached hydrogens (tertiary/aromatic N) is 2. The maximum Gasteiger partial charge on any atom is 0.336 e. The first kappa shape index (κ1) is 27.3. The first-order valence-electron chi connectivity index (χ1n) is 12.7. The summed E-state index contributed by atoms with van der Waals surface area (Å²) in [5.74, 6) is 0.0605. The van der Waals surface area contributed by atoms with Crippen molar-refractivity contribution in [3.05, 3.63) is 29.3 Å². The number of halogens is 1. The van der Waals surface area contributed by atoms with Crippen molar-refractivity contribution in [1.82, 2.24) is 4.90 Å². The fraction of sp³-hybridized carbons (Fsp3) is 0.667. The number of nitrogens with one attached hydrogen (secondary N) is 1. The zero-order valence-electron chi connectivity index (χ0n) is 21.7. The first-order valence-corrected chi connectivity index (χ1v) is 13.0. The molecule has 7 nitrogen and oxygen atoms in total. The Balaban J connectivity index is 1.76. The van der Waals surface area contributed by atoms with Gasteiger partial charge in [-0.2, -0.15) is 0 Å². The summed E-state index contributed by atoms with van der Waals surface area (Å²) in [6.45, 7) is 7.45. The molecule has 194 valence electrons. The molecule has 35 heavy (non-hydrogen) atoms. The average Bonchev–Trinajstić information content (AvgIpc) is 3.22. The van der Waals surface area contributed by atoms with Crippen LogP contribution in [0.3, 0.4) is 0 Å². The molecule has 1 N–H and O–H groups in total. The van der Waals surface area contributed by atoms with Crippen LogP contribution < -0.4 is 5.32 Å². The molecule has 3 rings (SSSR count). The minimum atomic E-state index is -1.08. The lowest BCUT2D eigenvalue weighted by Gasteiger charge is -2.46. The van der Waals surface area contributed by atoms with Crippen molar-refractivity contribution in [3.63, 3.8) is 0 Å². The molecule has 8 heteroatoms. The zero-order chi connectivity index (χ0) is 25.6. The van der Waals surface area contributed by atoms with Crippen LogP contribution in [-0.4, -0.2) is 61.1 Å². The van der Waals surface area contributed by atoms with Gasteiger partial charge in [-0.1, -0.05) is 18.5 Å². The van der Waals surface area contributed by atoms with E-state index in [9.17, 15) is 9.59 Å². The van der Waals surface area contributed by atoms with Crippen LogP contribution in [0.4, 0.5) is 5.69 Å². The van der Waals surface area contributed by atoms with Crippen LogP contribution in [0.2, 0.25) is 5.02 Å². The molecule has 1 saturated carbocycles. The van der Waals surface area contributed by atoms with Crippen LogP contribution in [0.25, 0.3) is 0 Å². The predicted molar refractivity (Wildman–Crippen MR) is 140 cm³/mol. The van der Waals surface area contributed by atoms with Crippen LogP contribution in [0.5, 0.6) is 0 Å². The minimum absolute atomic E-state index is 0.0849. The van der Waals surface area contributed by atoms with Crippen molar-refractivity contribution in [1.29, 1.82) is 0 Å². The third-order valence-electron chi connectivity index (χ3n) is 7.79. The molecule has 2 unspecified atom stereocenters. The van der Waals surface area contributed by atoms with E-state index in [1.807, 2.05) is 24.3 Å². The molecule has 1 aromatic carbocycles. The standard InChI is InChI=1S/C27H40ClN3O4/c1-6-17-31-18-29-27(25(33)35-5,16-15-23(32)34-4)24(31)19-7-9-20(10-8-19)26(2,3)30-22-13-11-21(28)12-14-22/h11-14,18-20,24,30H,6-10,15-17H2,1-5H3. The Hall–Kier alpha value is -2.28. The molecule has 0 spiro atoms. The second-order valence-electron chi connectivity index (χ2n) is 10.4. The van der Waals surface area contributed by atoms with Gasteiger partial charge in [-0.25, -0.2) is 4.79 Å². The van der Waals surface area contributed by atoms with E-state index < -0.39 is 5.54 Å². The Morgan fingerprint density at radius 1 is 1.14 bits per heavy atom. The van der Waals surface area contributed by atoms with Crippen LogP contribution in [-0.2, 0) is 19.1 Å². The third kappa shape index (κ3) is 6.11. The van der Waals surface area contributed by atoms with E-state index >= 15 is 0 Å². The fourth-order valence-electron chi connectivity index (χ4n) is 5.94. The van der Waals surface area contributed by atoms with E-state index in [0.29, 0.717) is 5.92 Å². The van der Waals surface area contributed by atoms with Crippen molar-refractivity contribution in [2.24, 2.45) is 16.8 Å². The fourth-order valence-corrected chi connectivity index (χ4v) is 6.06. The maximum absolute atomic E-state index is 13.2. The van der Waals surface area contributed by atoms with Gasteiger partial charge in [0.15, 0.2) is 5.54 Å². The summed E-state index contributed by atoms with van der Waals surface area (Å²) in [6.07, 6.45) is 7.24. The smallest absolute Gasteiger partial charge is 0.336 e. The second-order valence-corrected chi connectivity index (χ2v) is 10.8. The van der Waals surface area contributed by atoms with Gasteiger partial charge in [0.05, 0.1) is 26.6 Å². The first-order chi connectivity index (χ1) is 16.7. The van der Waals surface area contributed by atoms with Gasteiger partial charge < -0.3 is 19.7 Å². The molecule has 0 bridgehead atoms. The van der Waals surface area contributed by atoms with E-state index in [0.717, 1.165) is 49.4 Å². The number of hydrogen-bond donors (Lipinski definition) is 1. The Morgan fingerprint density at radius 2 is 1.80 bits per heavy atom. The number of esters is 2. The lowest BCUT2D eigenvalue weighted by molar-refractivity contribution is -0.151. The largest absolute Gasteiger partial charge is 0.469 e. The summed E-state index contributed by atoms with van der Waals surface area (Å²) in [6, 6.07) is 7.72. The maximum atomic E-state index is 13.2. The summed E-state index contributed by atoms with van der Waals surface area (Å²) in [4.78, 5) is 32.1. The van der Waals surface area contributed by atoms with Crippen molar-refractivity contribution >= 4 is 35.6 Å². The lowest BCUT2D eigenvalue weighted by Crippen LogP contribution is -2.56. The van der Waals surface area contributed by atoms with E-state index in [4.69, 9.17) is 26.1 Å². The van der Waals surface area contributed by atoms with Gasteiger partial charge in [0.25, 0.3) is 0 Å². The highest BCUT2D eigenvalue weighted by Crippen LogP contribution is 2.45. The highest BCUT2D eigenvalue weighted by atomic mass is 35.5. The second kappa shape index (κ2) is 11.6. The molecule has 1 aliphatic carbocycles. The highest BCUT2D eigenvalue weighted by molar-refractivity contribution is 6.30. The van der Waals surface area contributed by atoms with Gasteiger partial charge >= 0.3 is 11.9 Å². The van der Waals surface area contributed by atoms with Gasteiger partial charge in [0.1, 0.15) is 0 Å². The number of aliphatic imine (C=N–C) groups is 1. The van der Waals surface area contributed by atoms with E-state index in [1.54, 1.807) is 6.34 Å². The molecule has 0 aromatic heterocycles. The van der Waals surface area contributed by atoms with Gasteiger partial charge in [-0.3, -0.25) is 9.79 Å². The summed E-state index contributed by atoms with van der Waals surface area (Å²) in [5.41, 5.74) is -0.0992. The Labute approximate surface area is 214 Å². The van der Waals surface area contributed by atoms with Gasteiger partial charge in [0, 0.05) is 29.2 Å². The van der Waals surface area contributed by atoms with Crippen LogP contribution >= 0.6 is 11.6 Å². The molecule has 2 aliphatic rings. The molecule has 1 aromatic rings. The number of carbonyl (C=O) groups excluding carboxylic acids is 2. The number of ether oxygens (including phenoxy) is 2. The van der Waals surface area contributed by atoms with E-state index in [2.05, 4.69) is 31.0 Å². The lowest BCUT2D eigenvalue weighted by atomic mass is 9.67. The summed E-state index contributed by atoms with van der Waals surface area (Å²) in [7, 11) is 2.77. The number of rotatable bonds is 10.